The van der Waals surface area contributed by atoms with Gasteiger partial charge in [-0.05, 0) is 77.0 Å². The van der Waals surface area contributed by atoms with Crippen LogP contribution in [0.15, 0.2) is 36.5 Å². The van der Waals surface area contributed by atoms with Crippen LogP contribution < -0.4 is 0 Å². The van der Waals surface area contributed by atoms with Crippen LogP contribution in [0.4, 0.5) is 0 Å². The molecule has 0 spiro atoms. The molecular weight excluding hydrogens is 853 g/mol. The zero-order valence-corrected chi connectivity index (χ0v) is 46.3. The Labute approximate surface area is 429 Å². The minimum atomic E-state index is -0.774. The third kappa shape index (κ3) is 56.4. The van der Waals surface area contributed by atoms with E-state index in [0.717, 1.165) is 64.2 Å². The third-order valence-electron chi connectivity index (χ3n) is 13.6. The maximum Gasteiger partial charge on any atom is 0.306 e. The molecule has 0 aromatic carbocycles. The number of allylic oxidation sites excluding steroid dienone is 6. The summed E-state index contributed by atoms with van der Waals surface area (Å²) in [6.45, 7) is 6.66. The van der Waals surface area contributed by atoms with E-state index in [1.54, 1.807) is 0 Å². The molecule has 0 aromatic heterocycles. The molecule has 6 nitrogen and oxygen atoms in total. The van der Waals surface area contributed by atoms with Gasteiger partial charge in [-0.1, -0.05) is 269 Å². The molecule has 0 N–H and O–H groups in total. The van der Waals surface area contributed by atoms with E-state index < -0.39 is 6.10 Å². The summed E-state index contributed by atoms with van der Waals surface area (Å²) in [5.74, 6) is -0.859. The van der Waals surface area contributed by atoms with Crippen molar-refractivity contribution in [3.63, 3.8) is 0 Å². The molecule has 0 radical (unpaired) electrons. The van der Waals surface area contributed by atoms with Crippen LogP contribution in [0.2, 0.25) is 0 Å². The van der Waals surface area contributed by atoms with E-state index in [9.17, 15) is 14.4 Å². The highest BCUT2D eigenvalue weighted by atomic mass is 16.6. The lowest BCUT2D eigenvalue weighted by atomic mass is 10.0. The van der Waals surface area contributed by atoms with Gasteiger partial charge in [0.2, 0.25) is 0 Å². The number of carbonyl (C=O) groups is 3. The molecule has 0 aliphatic carbocycles. The molecule has 0 aliphatic rings. The summed E-state index contributed by atoms with van der Waals surface area (Å²) in [5.41, 5.74) is 0. The second-order valence-electron chi connectivity index (χ2n) is 20.6. The quantitative estimate of drug-likeness (QED) is 0.0261. The molecule has 0 fully saturated rings. The molecule has 0 bridgehead atoms. The van der Waals surface area contributed by atoms with Crippen LogP contribution in [-0.4, -0.2) is 37.2 Å². The first-order valence-electron chi connectivity index (χ1n) is 30.5. The van der Waals surface area contributed by atoms with Crippen molar-refractivity contribution in [1.29, 1.82) is 0 Å². The van der Waals surface area contributed by atoms with Gasteiger partial charge in [0.15, 0.2) is 6.10 Å². The van der Waals surface area contributed by atoms with Crippen molar-refractivity contribution in [2.75, 3.05) is 13.2 Å². The Bertz CT molecular complexity index is 1160. The van der Waals surface area contributed by atoms with Crippen LogP contribution in [-0.2, 0) is 28.6 Å². The average molecular weight is 970 g/mol. The largest absolute Gasteiger partial charge is 0.462 e. The summed E-state index contributed by atoms with van der Waals surface area (Å²) in [7, 11) is 0. The number of hydrogen-bond acceptors (Lipinski definition) is 6. The number of hydrogen-bond donors (Lipinski definition) is 0. The molecule has 0 aliphatic heterocycles. The second kappa shape index (κ2) is 58.2. The topological polar surface area (TPSA) is 78.9 Å². The molecule has 6 heteroatoms. The van der Waals surface area contributed by atoms with E-state index in [-0.39, 0.29) is 31.1 Å². The zero-order valence-electron chi connectivity index (χ0n) is 46.3. The van der Waals surface area contributed by atoms with Crippen LogP contribution in [0, 0.1) is 0 Å². The fraction of sp³-hybridized carbons (Fsp3) is 0.857. The Kier molecular flexibility index (Phi) is 56.2. The SMILES string of the molecule is CCCCC/C=C\C/C=C\CCCCCCCCCCCC(=O)OC[C@H](COC(=O)CCCCCCCCCCCCCCCCC)OC(=O)CCCCCCCCC/C=C\CCCCCCCC. The number of unbranched alkanes of at least 4 members (excludes halogenated alkanes) is 39. The van der Waals surface area contributed by atoms with Crippen molar-refractivity contribution in [3.8, 4) is 0 Å². The summed E-state index contributed by atoms with van der Waals surface area (Å²) in [6, 6.07) is 0. The van der Waals surface area contributed by atoms with E-state index in [4.69, 9.17) is 14.2 Å². The van der Waals surface area contributed by atoms with Crippen LogP contribution in [0.3, 0.4) is 0 Å². The average Bonchev–Trinajstić information content (AvgIpc) is 3.35. The Morgan fingerprint density at radius 2 is 0.522 bits per heavy atom. The van der Waals surface area contributed by atoms with Crippen molar-refractivity contribution < 1.29 is 28.6 Å². The second-order valence-corrected chi connectivity index (χ2v) is 20.6. The van der Waals surface area contributed by atoms with Gasteiger partial charge in [-0.15, -0.1) is 0 Å². The lowest BCUT2D eigenvalue weighted by Gasteiger charge is -2.18. The maximum absolute atomic E-state index is 12.9. The molecule has 0 saturated carbocycles. The number of carbonyl (C=O) groups excluding carboxylic acids is 3. The standard InChI is InChI=1S/C63H116O6/c1-4-7-10-13-16-19-22-25-28-30-31-33-35-38-41-44-47-50-53-56-62(65)68-59-60(58-67-61(64)55-52-49-46-43-40-37-34-27-24-21-18-15-12-9-6-3)69-63(66)57-54-51-48-45-42-39-36-32-29-26-23-20-17-14-11-8-5-2/h16,19,25-26,28-29,60H,4-15,17-18,20-24,27,30-59H2,1-3H3/b19-16-,28-25-,29-26-/t60-/m0/s1. The fourth-order valence-corrected chi connectivity index (χ4v) is 9.00. The first-order chi connectivity index (χ1) is 34.0. The molecule has 0 amide bonds. The van der Waals surface area contributed by atoms with Gasteiger partial charge in [0.05, 0.1) is 0 Å². The van der Waals surface area contributed by atoms with Gasteiger partial charge in [-0.2, -0.15) is 0 Å². The molecule has 0 heterocycles. The summed E-state index contributed by atoms with van der Waals surface area (Å²) >= 11 is 0. The molecule has 1 atom stereocenters. The molecule has 69 heavy (non-hydrogen) atoms. The van der Waals surface area contributed by atoms with Gasteiger partial charge < -0.3 is 14.2 Å². The van der Waals surface area contributed by atoms with Crippen molar-refractivity contribution in [2.45, 2.75) is 335 Å². The van der Waals surface area contributed by atoms with E-state index in [1.807, 2.05) is 0 Å². The van der Waals surface area contributed by atoms with Crippen molar-refractivity contribution in [2.24, 2.45) is 0 Å². The van der Waals surface area contributed by atoms with E-state index in [1.165, 1.54) is 225 Å². The highest BCUT2D eigenvalue weighted by Gasteiger charge is 2.19. The van der Waals surface area contributed by atoms with Crippen LogP contribution in [0.25, 0.3) is 0 Å². The number of rotatable bonds is 56. The lowest BCUT2D eigenvalue weighted by molar-refractivity contribution is -0.167. The van der Waals surface area contributed by atoms with E-state index in [0.29, 0.717) is 19.3 Å². The van der Waals surface area contributed by atoms with Gasteiger partial charge in [0.25, 0.3) is 0 Å². The fourth-order valence-electron chi connectivity index (χ4n) is 9.00. The molecule has 0 rings (SSSR count). The van der Waals surface area contributed by atoms with E-state index >= 15 is 0 Å². The maximum atomic E-state index is 12.9. The van der Waals surface area contributed by atoms with Crippen LogP contribution >= 0.6 is 0 Å². The highest BCUT2D eigenvalue weighted by Crippen LogP contribution is 2.17. The summed E-state index contributed by atoms with van der Waals surface area (Å²) in [4.78, 5) is 38.2. The van der Waals surface area contributed by atoms with Gasteiger partial charge >= 0.3 is 17.9 Å². The smallest absolute Gasteiger partial charge is 0.306 e. The highest BCUT2D eigenvalue weighted by molar-refractivity contribution is 5.71. The minimum absolute atomic E-state index is 0.0711. The first-order valence-corrected chi connectivity index (χ1v) is 30.5. The predicted octanol–water partition coefficient (Wildman–Crippen LogP) is 20.4. The van der Waals surface area contributed by atoms with Gasteiger partial charge in [0.1, 0.15) is 13.2 Å². The summed E-state index contributed by atoms with van der Waals surface area (Å²) in [5, 5.41) is 0. The lowest BCUT2D eigenvalue weighted by Crippen LogP contribution is -2.30. The van der Waals surface area contributed by atoms with Crippen molar-refractivity contribution >= 4 is 17.9 Å². The van der Waals surface area contributed by atoms with Crippen LogP contribution in [0.5, 0.6) is 0 Å². The molecule has 0 aromatic rings. The Morgan fingerprint density at radius 3 is 0.841 bits per heavy atom. The van der Waals surface area contributed by atoms with E-state index in [2.05, 4.69) is 57.2 Å². The predicted molar refractivity (Wildman–Crippen MR) is 298 cm³/mol. The normalized spacial score (nSPS) is 12.2. The first kappa shape index (κ1) is 66.6. The van der Waals surface area contributed by atoms with Gasteiger partial charge in [-0.25, -0.2) is 0 Å². The molecular formula is C63H116O6. The molecule has 0 unspecified atom stereocenters. The monoisotopic (exact) mass is 969 g/mol. The van der Waals surface area contributed by atoms with Crippen molar-refractivity contribution in [3.05, 3.63) is 36.5 Å². The molecule has 404 valence electrons. The molecule has 0 saturated heterocycles. The third-order valence-corrected chi connectivity index (χ3v) is 13.6. The Balaban J connectivity index is 4.34. The van der Waals surface area contributed by atoms with Gasteiger partial charge in [0, 0.05) is 19.3 Å². The minimum Gasteiger partial charge on any atom is -0.462 e. The van der Waals surface area contributed by atoms with Gasteiger partial charge in [-0.3, -0.25) is 14.4 Å². The van der Waals surface area contributed by atoms with Crippen LogP contribution in [0.1, 0.15) is 329 Å². The summed E-state index contributed by atoms with van der Waals surface area (Å²) in [6.07, 6.45) is 69.9. The Hall–Kier alpha value is -2.37. The Morgan fingerprint density at radius 1 is 0.290 bits per heavy atom. The van der Waals surface area contributed by atoms with Crippen molar-refractivity contribution in [1.82, 2.24) is 0 Å². The number of esters is 3. The number of ether oxygens (including phenoxy) is 3. The summed E-state index contributed by atoms with van der Waals surface area (Å²) < 4.78 is 16.9. The zero-order chi connectivity index (χ0) is 50.0.